The maximum atomic E-state index is 10.4. The number of aromatic nitrogens is 2. The number of aliphatic carboxylic acids is 1. The Kier molecular flexibility index (Phi) is 2.32. The Morgan fingerprint density at radius 3 is 2.75 bits per heavy atom. The molecule has 1 aromatic rings. The van der Waals surface area contributed by atoms with Gasteiger partial charge in [0.2, 0.25) is 5.71 Å². The molecule has 2 N–H and O–H groups in total. The lowest BCUT2D eigenvalue weighted by atomic mass is 10.2. The molecule has 0 bridgehead atoms. The van der Waals surface area contributed by atoms with Gasteiger partial charge in [-0.1, -0.05) is 5.16 Å². The third-order valence-electron chi connectivity index (χ3n) is 1.12. The van der Waals surface area contributed by atoms with Crippen molar-refractivity contribution in [2.24, 2.45) is 5.16 Å². The Morgan fingerprint density at radius 2 is 2.33 bits per heavy atom. The molecule has 0 saturated carbocycles. The first-order valence-electron chi connectivity index (χ1n) is 2.99. The first kappa shape index (κ1) is 8.12. The van der Waals surface area contributed by atoms with E-state index in [-0.39, 0.29) is 5.69 Å². The summed E-state index contributed by atoms with van der Waals surface area (Å²) < 4.78 is 0. The van der Waals surface area contributed by atoms with Crippen LogP contribution in [0.2, 0.25) is 0 Å². The SMILES string of the molecule is O=C(O)/C(=N/O)c1cccnn1. The predicted octanol–water partition coefficient (Wildman–Crippen LogP) is -0.261. The molecular weight excluding hydrogens is 162 g/mol. The van der Waals surface area contributed by atoms with Gasteiger partial charge in [0.1, 0.15) is 5.69 Å². The van der Waals surface area contributed by atoms with E-state index in [1.54, 1.807) is 0 Å². The van der Waals surface area contributed by atoms with Crippen LogP contribution in [-0.4, -0.2) is 32.2 Å². The zero-order valence-electron chi connectivity index (χ0n) is 5.88. The largest absolute Gasteiger partial charge is 0.476 e. The summed E-state index contributed by atoms with van der Waals surface area (Å²) in [6.45, 7) is 0. The Bertz CT molecular complexity index is 309. The summed E-state index contributed by atoms with van der Waals surface area (Å²) in [5.41, 5.74) is -0.504. The van der Waals surface area contributed by atoms with Crippen LogP contribution in [0.4, 0.5) is 0 Å². The van der Waals surface area contributed by atoms with Gasteiger partial charge in [-0.2, -0.15) is 5.10 Å². The number of rotatable bonds is 2. The normalized spacial score (nSPS) is 11.2. The second kappa shape index (κ2) is 3.42. The highest BCUT2D eigenvalue weighted by molar-refractivity contribution is 6.41. The van der Waals surface area contributed by atoms with Crippen molar-refractivity contribution in [1.82, 2.24) is 10.2 Å². The summed E-state index contributed by atoms with van der Waals surface area (Å²) in [6, 6.07) is 2.88. The van der Waals surface area contributed by atoms with Gasteiger partial charge in [0.15, 0.2) is 0 Å². The second-order valence-corrected chi connectivity index (χ2v) is 1.86. The van der Waals surface area contributed by atoms with E-state index in [1.807, 2.05) is 0 Å². The number of carboxylic acids is 1. The summed E-state index contributed by atoms with van der Waals surface area (Å²) in [6.07, 6.45) is 1.39. The Labute approximate surface area is 67.2 Å². The molecule has 0 amide bonds. The first-order valence-corrected chi connectivity index (χ1v) is 2.99. The quantitative estimate of drug-likeness (QED) is 0.359. The van der Waals surface area contributed by atoms with Crippen LogP contribution in [0.3, 0.4) is 0 Å². The van der Waals surface area contributed by atoms with E-state index >= 15 is 0 Å². The lowest BCUT2D eigenvalue weighted by Gasteiger charge is -1.94. The molecule has 1 heterocycles. The van der Waals surface area contributed by atoms with Crippen molar-refractivity contribution in [2.45, 2.75) is 0 Å². The van der Waals surface area contributed by atoms with Crippen LogP contribution < -0.4 is 0 Å². The molecule has 0 atom stereocenters. The second-order valence-electron chi connectivity index (χ2n) is 1.86. The molecule has 0 fully saturated rings. The standard InChI is InChI=1S/C6H5N3O3/c10-6(11)5(9-12)4-2-1-3-7-8-4/h1-3,12H,(H,10,11)/b9-5+. The van der Waals surface area contributed by atoms with Crippen LogP contribution in [-0.2, 0) is 4.79 Å². The average molecular weight is 167 g/mol. The zero-order chi connectivity index (χ0) is 8.97. The summed E-state index contributed by atoms with van der Waals surface area (Å²) in [5.74, 6) is -1.35. The molecule has 0 aromatic carbocycles. The topological polar surface area (TPSA) is 95.7 Å². The Hall–Kier alpha value is -1.98. The molecule has 0 unspecified atom stereocenters. The minimum absolute atomic E-state index is 0.0208. The highest BCUT2D eigenvalue weighted by Crippen LogP contribution is 1.94. The number of hydrogen-bond acceptors (Lipinski definition) is 5. The average Bonchev–Trinajstić information content (AvgIpc) is 2.07. The molecule has 0 radical (unpaired) electrons. The van der Waals surface area contributed by atoms with Crippen LogP contribution in [0, 0.1) is 0 Å². The highest BCUT2D eigenvalue weighted by Gasteiger charge is 2.14. The molecule has 1 rings (SSSR count). The van der Waals surface area contributed by atoms with Gasteiger partial charge in [0.05, 0.1) is 0 Å². The minimum atomic E-state index is -1.35. The Morgan fingerprint density at radius 1 is 1.58 bits per heavy atom. The van der Waals surface area contributed by atoms with Gasteiger partial charge in [0, 0.05) is 6.20 Å². The summed E-state index contributed by atoms with van der Waals surface area (Å²) in [5, 5.41) is 26.2. The number of hydrogen-bond donors (Lipinski definition) is 2. The fraction of sp³-hybridized carbons (Fsp3) is 0. The van der Waals surface area contributed by atoms with E-state index < -0.39 is 11.7 Å². The summed E-state index contributed by atoms with van der Waals surface area (Å²) in [7, 11) is 0. The van der Waals surface area contributed by atoms with E-state index in [9.17, 15) is 4.79 Å². The van der Waals surface area contributed by atoms with Crippen molar-refractivity contribution in [3.63, 3.8) is 0 Å². The summed E-state index contributed by atoms with van der Waals surface area (Å²) >= 11 is 0. The number of oxime groups is 1. The molecule has 6 heteroatoms. The van der Waals surface area contributed by atoms with Crippen LogP contribution >= 0.6 is 0 Å². The van der Waals surface area contributed by atoms with Gasteiger partial charge in [-0.05, 0) is 12.1 Å². The van der Waals surface area contributed by atoms with Crippen molar-refractivity contribution in [1.29, 1.82) is 0 Å². The van der Waals surface area contributed by atoms with E-state index in [0.29, 0.717) is 0 Å². The fourth-order valence-corrected chi connectivity index (χ4v) is 0.631. The molecule has 0 saturated heterocycles. The highest BCUT2D eigenvalue weighted by atomic mass is 16.4. The third-order valence-corrected chi connectivity index (χ3v) is 1.12. The first-order chi connectivity index (χ1) is 5.75. The Balaban J connectivity index is 3.05. The molecule has 0 aliphatic rings. The van der Waals surface area contributed by atoms with Crippen LogP contribution in [0.5, 0.6) is 0 Å². The molecule has 62 valence electrons. The van der Waals surface area contributed by atoms with E-state index in [0.717, 1.165) is 0 Å². The van der Waals surface area contributed by atoms with Gasteiger partial charge in [-0.15, -0.1) is 5.10 Å². The smallest absolute Gasteiger partial charge is 0.360 e. The van der Waals surface area contributed by atoms with Crippen LogP contribution in [0.25, 0.3) is 0 Å². The minimum Gasteiger partial charge on any atom is -0.476 e. The molecule has 0 aliphatic heterocycles. The van der Waals surface area contributed by atoms with Gasteiger partial charge in [-0.3, -0.25) is 0 Å². The maximum Gasteiger partial charge on any atom is 0.360 e. The molecule has 6 nitrogen and oxygen atoms in total. The number of carbonyl (C=O) groups is 1. The van der Waals surface area contributed by atoms with E-state index in [1.165, 1.54) is 18.3 Å². The maximum absolute atomic E-state index is 10.4. The van der Waals surface area contributed by atoms with Crippen molar-refractivity contribution in [2.75, 3.05) is 0 Å². The van der Waals surface area contributed by atoms with Crippen molar-refractivity contribution in [3.05, 3.63) is 24.0 Å². The lowest BCUT2D eigenvalue weighted by molar-refractivity contribution is -0.129. The van der Waals surface area contributed by atoms with Crippen molar-refractivity contribution >= 4 is 11.7 Å². The molecule has 0 aliphatic carbocycles. The van der Waals surface area contributed by atoms with Crippen LogP contribution in [0.1, 0.15) is 5.69 Å². The predicted molar refractivity (Wildman–Crippen MR) is 38.0 cm³/mol. The van der Waals surface area contributed by atoms with Gasteiger partial charge in [0.25, 0.3) is 0 Å². The molecule has 1 aromatic heterocycles. The van der Waals surface area contributed by atoms with Crippen molar-refractivity contribution in [3.8, 4) is 0 Å². The number of carboxylic acid groups (broad SMARTS) is 1. The van der Waals surface area contributed by atoms with Crippen LogP contribution in [0.15, 0.2) is 23.5 Å². The van der Waals surface area contributed by atoms with Gasteiger partial charge in [-0.25, -0.2) is 4.79 Å². The van der Waals surface area contributed by atoms with Gasteiger partial charge < -0.3 is 10.3 Å². The number of nitrogens with zero attached hydrogens (tertiary/aromatic N) is 3. The van der Waals surface area contributed by atoms with Gasteiger partial charge >= 0.3 is 5.97 Å². The zero-order valence-corrected chi connectivity index (χ0v) is 5.88. The monoisotopic (exact) mass is 167 g/mol. The molecule has 12 heavy (non-hydrogen) atoms. The molecular formula is C6H5N3O3. The fourth-order valence-electron chi connectivity index (χ4n) is 0.631. The lowest BCUT2D eigenvalue weighted by Crippen LogP contribution is -2.16. The van der Waals surface area contributed by atoms with Crippen molar-refractivity contribution < 1.29 is 15.1 Å². The van der Waals surface area contributed by atoms with E-state index in [2.05, 4.69) is 15.4 Å². The third kappa shape index (κ3) is 1.54. The summed E-state index contributed by atoms with van der Waals surface area (Å²) in [4.78, 5) is 10.4. The molecule has 0 spiro atoms. The van der Waals surface area contributed by atoms with E-state index in [4.69, 9.17) is 10.3 Å².